The number of amides is 1. The van der Waals surface area contributed by atoms with Gasteiger partial charge in [-0.15, -0.1) is 0 Å². The van der Waals surface area contributed by atoms with Crippen molar-refractivity contribution >= 4 is 21.8 Å². The summed E-state index contributed by atoms with van der Waals surface area (Å²) in [6.07, 6.45) is 3.13. The molecule has 86 valence electrons. The average molecular weight is 286 g/mol. The van der Waals surface area contributed by atoms with Crippen LogP contribution in [0.15, 0.2) is 22.7 Å². The molecule has 4 heteroatoms. The van der Waals surface area contributed by atoms with Gasteiger partial charge >= 0.3 is 0 Å². The van der Waals surface area contributed by atoms with Crippen LogP contribution in [0.5, 0.6) is 0 Å². The van der Waals surface area contributed by atoms with Crippen molar-refractivity contribution in [2.24, 2.45) is 0 Å². The molecule has 2 nitrogen and oxygen atoms in total. The molecule has 0 bridgehead atoms. The van der Waals surface area contributed by atoms with Gasteiger partial charge in [-0.2, -0.15) is 0 Å². The third kappa shape index (κ3) is 2.43. The average Bonchev–Trinajstić information content (AvgIpc) is 2.13. The van der Waals surface area contributed by atoms with Gasteiger partial charge in [0.25, 0.3) is 5.91 Å². The van der Waals surface area contributed by atoms with Crippen LogP contribution in [0.4, 0.5) is 4.39 Å². The van der Waals surface area contributed by atoms with Crippen molar-refractivity contribution < 1.29 is 9.18 Å². The van der Waals surface area contributed by atoms with Crippen molar-refractivity contribution in [3.05, 3.63) is 34.1 Å². The van der Waals surface area contributed by atoms with E-state index in [0.29, 0.717) is 10.0 Å². The monoisotopic (exact) mass is 285 g/mol. The predicted molar refractivity (Wildman–Crippen MR) is 63.8 cm³/mol. The summed E-state index contributed by atoms with van der Waals surface area (Å²) < 4.78 is 13.7. The highest BCUT2D eigenvalue weighted by Gasteiger charge is 2.33. The Bertz CT molecular complexity index is 409. The van der Waals surface area contributed by atoms with E-state index in [4.69, 9.17) is 0 Å². The maximum Gasteiger partial charge on any atom is 0.251 e. The van der Waals surface area contributed by atoms with Gasteiger partial charge in [0.15, 0.2) is 0 Å². The minimum absolute atomic E-state index is 0.101. The molecule has 16 heavy (non-hydrogen) atoms. The van der Waals surface area contributed by atoms with E-state index >= 15 is 0 Å². The molecule has 1 aliphatic carbocycles. The zero-order chi connectivity index (χ0) is 11.8. The molecule has 2 rings (SSSR count). The Morgan fingerprint density at radius 2 is 2.12 bits per heavy atom. The smallest absolute Gasteiger partial charge is 0.251 e. The quantitative estimate of drug-likeness (QED) is 0.888. The van der Waals surface area contributed by atoms with Gasteiger partial charge in [-0.3, -0.25) is 4.79 Å². The van der Waals surface area contributed by atoms with Gasteiger partial charge in [-0.05, 0) is 44.4 Å². The van der Waals surface area contributed by atoms with Crippen LogP contribution in [0.2, 0.25) is 0 Å². The topological polar surface area (TPSA) is 29.1 Å². The Morgan fingerprint density at radius 3 is 2.62 bits per heavy atom. The summed E-state index contributed by atoms with van der Waals surface area (Å²) in [6, 6.07) is 4.21. The first kappa shape index (κ1) is 11.6. The first-order chi connectivity index (χ1) is 7.48. The maximum atomic E-state index is 13.1. The first-order valence-corrected chi connectivity index (χ1v) is 6.06. The van der Waals surface area contributed by atoms with E-state index in [1.165, 1.54) is 12.1 Å². The summed E-state index contributed by atoms with van der Waals surface area (Å²) in [6.45, 7) is 2.02. The molecule has 1 aliphatic rings. The summed E-state index contributed by atoms with van der Waals surface area (Å²) in [5.41, 5.74) is 0.260. The molecule has 0 saturated heterocycles. The van der Waals surface area contributed by atoms with Crippen LogP contribution >= 0.6 is 15.9 Å². The van der Waals surface area contributed by atoms with Crippen molar-refractivity contribution in [3.8, 4) is 0 Å². The van der Waals surface area contributed by atoms with Crippen molar-refractivity contribution in [3.63, 3.8) is 0 Å². The van der Waals surface area contributed by atoms with Crippen molar-refractivity contribution in [1.29, 1.82) is 0 Å². The number of rotatable bonds is 2. The van der Waals surface area contributed by atoms with Crippen molar-refractivity contribution in [1.82, 2.24) is 5.32 Å². The maximum absolute atomic E-state index is 13.1. The van der Waals surface area contributed by atoms with Gasteiger partial charge < -0.3 is 5.32 Å². The van der Waals surface area contributed by atoms with E-state index in [9.17, 15) is 9.18 Å². The summed E-state index contributed by atoms with van der Waals surface area (Å²) in [4.78, 5) is 11.9. The molecule has 0 radical (unpaired) electrons. The highest BCUT2D eigenvalue weighted by Crippen LogP contribution is 2.31. The lowest BCUT2D eigenvalue weighted by atomic mass is 9.78. The Balaban J connectivity index is 2.14. The number of carbonyl (C=O) groups is 1. The molecule has 1 N–H and O–H groups in total. The van der Waals surface area contributed by atoms with Crippen LogP contribution in [-0.4, -0.2) is 11.4 Å². The number of hydrogen-bond acceptors (Lipinski definition) is 1. The molecule has 0 unspecified atom stereocenters. The van der Waals surface area contributed by atoms with Crippen LogP contribution < -0.4 is 5.32 Å². The van der Waals surface area contributed by atoms with E-state index in [1.54, 1.807) is 6.07 Å². The number of hydrogen-bond donors (Lipinski definition) is 1. The number of benzene rings is 1. The molecule has 1 amide bonds. The summed E-state index contributed by atoms with van der Waals surface area (Å²) in [7, 11) is 0. The van der Waals surface area contributed by atoms with Gasteiger partial charge in [0.2, 0.25) is 0 Å². The van der Waals surface area contributed by atoms with Crippen LogP contribution in [0, 0.1) is 5.82 Å². The third-order valence-corrected chi connectivity index (χ3v) is 3.45. The normalized spacial score (nSPS) is 17.7. The van der Waals surface area contributed by atoms with Gasteiger partial charge in [0.05, 0.1) is 0 Å². The molecule has 0 spiro atoms. The van der Waals surface area contributed by atoms with Gasteiger partial charge in [-0.1, -0.05) is 15.9 Å². The number of halogens is 2. The second-order valence-electron chi connectivity index (χ2n) is 4.53. The minimum atomic E-state index is -0.404. The molecule has 0 aromatic heterocycles. The van der Waals surface area contributed by atoms with Gasteiger partial charge in [0.1, 0.15) is 5.82 Å². The molecule has 0 heterocycles. The van der Waals surface area contributed by atoms with Gasteiger partial charge in [0, 0.05) is 15.6 Å². The molecule has 1 saturated carbocycles. The largest absolute Gasteiger partial charge is 0.347 e. The van der Waals surface area contributed by atoms with Crippen LogP contribution in [0.3, 0.4) is 0 Å². The van der Waals surface area contributed by atoms with Gasteiger partial charge in [-0.25, -0.2) is 4.39 Å². The van der Waals surface area contributed by atoms with E-state index in [-0.39, 0.29) is 11.4 Å². The SMILES string of the molecule is CC1(NC(=O)c2cc(F)cc(Br)c2)CCC1. The molecule has 1 fully saturated rings. The predicted octanol–water partition coefficient (Wildman–Crippen LogP) is 3.26. The zero-order valence-electron chi connectivity index (χ0n) is 9.02. The first-order valence-electron chi connectivity index (χ1n) is 5.27. The summed E-state index contributed by atoms with van der Waals surface area (Å²) >= 11 is 3.17. The Morgan fingerprint density at radius 1 is 1.44 bits per heavy atom. The Hall–Kier alpha value is -0.900. The fraction of sp³-hybridized carbons (Fsp3) is 0.417. The summed E-state index contributed by atoms with van der Waals surface area (Å²) in [5, 5.41) is 2.94. The van der Waals surface area contributed by atoms with Crippen LogP contribution in [-0.2, 0) is 0 Å². The molecule has 0 atom stereocenters. The highest BCUT2D eigenvalue weighted by atomic mass is 79.9. The van der Waals surface area contributed by atoms with Crippen molar-refractivity contribution in [2.45, 2.75) is 31.7 Å². The van der Waals surface area contributed by atoms with Crippen LogP contribution in [0.1, 0.15) is 36.5 Å². The highest BCUT2D eigenvalue weighted by molar-refractivity contribution is 9.10. The Kier molecular flexibility index (Phi) is 3.02. The van der Waals surface area contributed by atoms with E-state index in [2.05, 4.69) is 21.2 Å². The molecule has 1 aromatic carbocycles. The van der Waals surface area contributed by atoms with Crippen molar-refractivity contribution in [2.75, 3.05) is 0 Å². The fourth-order valence-corrected chi connectivity index (χ4v) is 2.33. The fourth-order valence-electron chi connectivity index (χ4n) is 1.86. The summed E-state index contributed by atoms with van der Waals surface area (Å²) in [5.74, 6) is -0.610. The second-order valence-corrected chi connectivity index (χ2v) is 5.44. The molecule has 0 aliphatic heterocycles. The number of nitrogens with one attached hydrogen (secondary N) is 1. The van der Waals surface area contributed by atoms with E-state index in [1.807, 2.05) is 6.92 Å². The third-order valence-electron chi connectivity index (χ3n) is 3.00. The number of carbonyl (C=O) groups excluding carboxylic acids is 1. The zero-order valence-corrected chi connectivity index (χ0v) is 10.6. The minimum Gasteiger partial charge on any atom is -0.347 e. The standard InChI is InChI=1S/C12H13BrFNO/c1-12(3-2-4-12)15-11(16)8-5-9(13)7-10(14)6-8/h5-7H,2-4H2,1H3,(H,15,16). The lowest BCUT2D eigenvalue weighted by molar-refractivity contribution is 0.0850. The van der Waals surface area contributed by atoms with E-state index in [0.717, 1.165) is 19.3 Å². The van der Waals surface area contributed by atoms with E-state index < -0.39 is 5.82 Å². The lowest BCUT2D eigenvalue weighted by Gasteiger charge is -2.39. The molecular formula is C12H13BrFNO. The molecule has 1 aromatic rings. The Labute approximate surface area is 102 Å². The molecular weight excluding hydrogens is 273 g/mol. The second kappa shape index (κ2) is 4.17. The van der Waals surface area contributed by atoms with Crippen LogP contribution in [0.25, 0.3) is 0 Å². The lowest BCUT2D eigenvalue weighted by Crippen LogP contribution is -2.50.